The first kappa shape index (κ1) is 8.32. The van der Waals surface area contributed by atoms with E-state index in [4.69, 9.17) is 11.6 Å². The van der Waals surface area contributed by atoms with Gasteiger partial charge >= 0.3 is 0 Å². The van der Waals surface area contributed by atoms with Crippen LogP contribution in [0.15, 0.2) is 46.7 Å². The zero-order valence-corrected chi connectivity index (χ0v) is 7.78. The standard InChI is InChI=1S/C10H9ClN2/c11-10-8-13(7-6-12-10)9-4-2-1-3-5-9/h1-6,8H,7H2. The Labute approximate surface area is 82.2 Å². The van der Waals surface area contributed by atoms with Crippen LogP contribution in [-0.2, 0) is 0 Å². The first-order chi connectivity index (χ1) is 6.36. The molecule has 1 aliphatic heterocycles. The summed E-state index contributed by atoms with van der Waals surface area (Å²) in [6.07, 6.45) is 3.63. The molecular weight excluding hydrogens is 184 g/mol. The maximum atomic E-state index is 5.78. The number of rotatable bonds is 1. The monoisotopic (exact) mass is 192 g/mol. The van der Waals surface area contributed by atoms with Crippen molar-refractivity contribution in [2.75, 3.05) is 11.4 Å². The fraction of sp³-hybridized carbons (Fsp3) is 0.100. The van der Waals surface area contributed by atoms with Crippen LogP contribution in [0, 0.1) is 0 Å². The van der Waals surface area contributed by atoms with Gasteiger partial charge in [-0.2, -0.15) is 0 Å². The van der Waals surface area contributed by atoms with Crippen LogP contribution in [0.3, 0.4) is 0 Å². The summed E-state index contributed by atoms with van der Waals surface area (Å²) in [5.41, 5.74) is 1.13. The molecule has 2 nitrogen and oxygen atoms in total. The van der Waals surface area contributed by atoms with E-state index in [2.05, 4.69) is 9.89 Å². The third-order valence-electron chi connectivity index (χ3n) is 1.84. The fourth-order valence-corrected chi connectivity index (χ4v) is 1.42. The van der Waals surface area contributed by atoms with Gasteiger partial charge in [-0.3, -0.25) is 0 Å². The number of hydrogen-bond donors (Lipinski definition) is 0. The number of nitrogens with zero attached hydrogens (tertiary/aromatic N) is 2. The van der Waals surface area contributed by atoms with E-state index in [-0.39, 0.29) is 0 Å². The van der Waals surface area contributed by atoms with Gasteiger partial charge in [-0.05, 0) is 12.1 Å². The summed E-state index contributed by atoms with van der Waals surface area (Å²) < 4.78 is 0. The van der Waals surface area contributed by atoms with Gasteiger partial charge in [-0.1, -0.05) is 29.8 Å². The number of anilines is 1. The first-order valence-corrected chi connectivity index (χ1v) is 4.45. The number of aliphatic imine (C=N–C) groups is 1. The quantitative estimate of drug-likeness (QED) is 0.625. The van der Waals surface area contributed by atoms with Crippen LogP contribution >= 0.6 is 11.6 Å². The molecule has 2 rings (SSSR count). The van der Waals surface area contributed by atoms with Crippen molar-refractivity contribution in [3.8, 4) is 0 Å². The molecule has 0 amide bonds. The Kier molecular flexibility index (Phi) is 2.32. The van der Waals surface area contributed by atoms with Crippen LogP contribution in [0.5, 0.6) is 0 Å². The van der Waals surface area contributed by atoms with Crippen LogP contribution in [0.2, 0.25) is 0 Å². The Balaban J connectivity index is 2.24. The summed E-state index contributed by atoms with van der Waals surface area (Å²) in [6.45, 7) is 0.778. The molecule has 0 radical (unpaired) electrons. The Morgan fingerprint density at radius 2 is 2.00 bits per heavy atom. The molecule has 66 valence electrons. The van der Waals surface area contributed by atoms with Gasteiger partial charge in [-0.25, -0.2) is 4.99 Å². The highest BCUT2D eigenvalue weighted by Gasteiger charge is 2.05. The Hall–Kier alpha value is -1.28. The van der Waals surface area contributed by atoms with Crippen LogP contribution < -0.4 is 4.90 Å². The van der Waals surface area contributed by atoms with Crippen molar-refractivity contribution in [1.82, 2.24) is 0 Å². The zero-order valence-electron chi connectivity index (χ0n) is 7.02. The van der Waals surface area contributed by atoms with E-state index in [0.717, 1.165) is 12.2 Å². The summed E-state index contributed by atoms with van der Waals surface area (Å²) >= 11 is 5.78. The second kappa shape index (κ2) is 3.62. The van der Waals surface area contributed by atoms with E-state index in [1.165, 1.54) is 0 Å². The highest BCUT2D eigenvalue weighted by molar-refractivity contribution is 6.30. The van der Waals surface area contributed by atoms with Crippen LogP contribution in [0.25, 0.3) is 0 Å². The summed E-state index contributed by atoms with van der Waals surface area (Å²) in [5, 5.41) is 0.523. The molecule has 0 aromatic heterocycles. The largest absolute Gasteiger partial charge is 0.340 e. The smallest absolute Gasteiger partial charge is 0.144 e. The molecule has 0 saturated carbocycles. The summed E-state index contributed by atoms with van der Waals surface area (Å²) in [4.78, 5) is 6.02. The Bertz CT molecular complexity index is 343. The minimum Gasteiger partial charge on any atom is -0.340 e. The van der Waals surface area contributed by atoms with Crippen molar-refractivity contribution in [3.63, 3.8) is 0 Å². The minimum atomic E-state index is 0.523. The van der Waals surface area contributed by atoms with Gasteiger partial charge in [0.05, 0.1) is 6.54 Å². The van der Waals surface area contributed by atoms with Crippen LogP contribution in [0.1, 0.15) is 0 Å². The van der Waals surface area contributed by atoms with Gasteiger partial charge in [0.15, 0.2) is 0 Å². The Morgan fingerprint density at radius 3 is 2.69 bits per heavy atom. The topological polar surface area (TPSA) is 15.6 Å². The molecule has 0 saturated heterocycles. The average molecular weight is 193 g/mol. The molecular formula is C10H9ClN2. The molecule has 3 heteroatoms. The normalized spacial score (nSPS) is 15.8. The predicted molar refractivity (Wildman–Crippen MR) is 56.2 cm³/mol. The number of hydrogen-bond acceptors (Lipinski definition) is 2. The van der Waals surface area contributed by atoms with Crippen LogP contribution in [-0.4, -0.2) is 12.8 Å². The third-order valence-corrected chi connectivity index (χ3v) is 2.04. The number of halogens is 1. The molecule has 0 bridgehead atoms. The minimum absolute atomic E-state index is 0.523. The lowest BCUT2D eigenvalue weighted by molar-refractivity contribution is 1.10. The number of benzene rings is 1. The Morgan fingerprint density at radius 1 is 1.23 bits per heavy atom. The summed E-state index contributed by atoms with van der Waals surface area (Å²) in [5.74, 6) is 0. The molecule has 0 atom stereocenters. The molecule has 13 heavy (non-hydrogen) atoms. The SMILES string of the molecule is ClC1=CN(c2ccccc2)CC=N1. The molecule has 1 aromatic carbocycles. The van der Waals surface area contributed by atoms with Crippen molar-refractivity contribution in [3.05, 3.63) is 41.7 Å². The lowest BCUT2D eigenvalue weighted by Crippen LogP contribution is -2.21. The zero-order chi connectivity index (χ0) is 9.10. The lowest BCUT2D eigenvalue weighted by Gasteiger charge is -2.20. The van der Waals surface area contributed by atoms with Crippen molar-refractivity contribution >= 4 is 23.5 Å². The second-order valence-electron chi connectivity index (χ2n) is 2.75. The lowest BCUT2D eigenvalue weighted by atomic mass is 10.3. The molecule has 0 fully saturated rings. The summed E-state index contributed by atoms with van der Waals surface area (Å²) in [6, 6.07) is 10.1. The van der Waals surface area contributed by atoms with E-state index in [1.54, 1.807) is 6.21 Å². The van der Waals surface area contributed by atoms with Gasteiger partial charge in [-0.15, -0.1) is 0 Å². The van der Waals surface area contributed by atoms with Crippen molar-refractivity contribution in [2.45, 2.75) is 0 Å². The van der Waals surface area contributed by atoms with Crippen molar-refractivity contribution in [2.24, 2.45) is 4.99 Å². The molecule has 1 aliphatic rings. The predicted octanol–water partition coefficient (Wildman–Crippen LogP) is 2.62. The van der Waals surface area contributed by atoms with E-state index in [1.807, 2.05) is 36.5 Å². The average Bonchev–Trinajstić information content (AvgIpc) is 2.19. The second-order valence-corrected chi connectivity index (χ2v) is 3.14. The fourth-order valence-electron chi connectivity index (χ4n) is 1.23. The van der Waals surface area contributed by atoms with Gasteiger partial charge in [0, 0.05) is 18.1 Å². The molecule has 0 N–H and O–H groups in total. The molecule has 1 heterocycles. The first-order valence-electron chi connectivity index (χ1n) is 4.08. The molecule has 0 aliphatic carbocycles. The van der Waals surface area contributed by atoms with E-state index < -0.39 is 0 Å². The van der Waals surface area contributed by atoms with Gasteiger partial charge in [0.1, 0.15) is 5.16 Å². The maximum absolute atomic E-state index is 5.78. The van der Waals surface area contributed by atoms with Crippen molar-refractivity contribution < 1.29 is 0 Å². The van der Waals surface area contributed by atoms with Crippen LogP contribution in [0.4, 0.5) is 5.69 Å². The van der Waals surface area contributed by atoms with E-state index in [9.17, 15) is 0 Å². The van der Waals surface area contributed by atoms with E-state index >= 15 is 0 Å². The highest BCUT2D eigenvalue weighted by atomic mass is 35.5. The van der Waals surface area contributed by atoms with Gasteiger partial charge in [0.25, 0.3) is 0 Å². The molecule has 0 spiro atoms. The molecule has 1 aromatic rings. The third kappa shape index (κ3) is 1.90. The van der Waals surface area contributed by atoms with Gasteiger partial charge < -0.3 is 4.90 Å². The molecule has 0 unspecified atom stereocenters. The highest BCUT2D eigenvalue weighted by Crippen LogP contribution is 2.17. The number of para-hydroxylation sites is 1. The maximum Gasteiger partial charge on any atom is 0.144 e. The van der Waals surface area contributed by atoms with E-state index in [0.29, 0.717) is 5.16 Å². The van der Waals surface area contributed by atoms with Gasteiger partial charge in [0.2, 0.25) is 0 Å². The van der Waals surface area contributed by atoms with Crippen molar-refractivity contribution in [1.29, 1.82) is 0 Å². The summed E-state index contributed by atoms with van der Waals surface area (Å²) in [7, 11) is 0.